The van der Waals surface area contributed by atoms with Gasteiger partial charge in [0.2, 0.25) is 0 Å². The molecule has 1 aromatic carbocycles. The van der Waals surface area contributed by atoms with Gasteiger partial charge in [-0.1, -0.05) is 25.1 Å². The highest BCUT2D eigenvalue weighted by Crippen LogP contribution is 2.24. The summed E-state index contributed by atoms with van der Waals surface area (Å²) in [5.41, 5.74) is 9.97. The molecule has 0 bridgehead atoms. The van der Waals surface area contributed by atoms with E-state index >= 15 is 0 Å². The molecule has 0 saturated heterocycles. The molecule has 3 nitrogen and oxygen atoms in total. The van der Waals surface area contributed by atoms with Gasteiger partial charge in [0.15, 0.2) is 0 Å². The summed E-state index contributed by atoms with van der Waals surface area (Å²) < 4.78 is 5.28. The van der Waals surface area contributed by atoms with Gasteiger partial charge in [-0.15, -0.1) is 0 Å². The fourth-order valence-electron chi connectivity index (χ4n) is 2.61. The summed E-state index contributed by atoms with van der Waals surface area (Å²) in [7, 11) is 1.75. The topological polar surface area (TPSA) is 38.5 Å². The van der Waals surface area contributed by atoms with Crippen LogP contribution in [0, 0.1) is 13.8 Å². The summed E-state index contributed by atoms with van der Waals surface area (Å²) in [5.74, 6) is 0. The Labute approximate surface area is 117 Å². The SMILES string of the molecule is CCN(C(C)COC)C(CN)c1ccc(C)c(C)c1. The lowest BCUT2D eigenvalue weighted by Gasteiger charge is -2.35. The van der Waals surface area contributed by atoms with Crippen molar-refractivity contribution >= 4 is 0 Å². The maximum atomic E-state index is 6.02. The first kappa shape index (κ1) is 16.2. The van der Waals surface area contributed by atoms with Crippen LogP contribution in [0.3, 0.4) is 0 Å². The zero-order chi connectivity index (χ0) is 14.4. The summed E-state index contributed by atoms with van der Waals surface area (Å²) in [5, 5.41) is 0. The Morgan fingerprint density at radius 3 is 2.42 bits per heavy atom. The van der Waals surface area contributed by atoms with E-state index in [-0.39, 0.29) is 6.04 Å². The second-order valence-electron chi connectivity index (χ2n) is 5.23. The van der Waals surface area contributed by atoms with E-state index < -0.39 is 0 Å². The lowest BCUT2D eigenvalue weighted by atomic mass is 9.99. The molecular formula is C16H28N2O. The third-order valence-electron chi connectivity index (χ3n) is 3.88. The Morgan fingerprint density at radius 2 is 1.95 bits per heavy atom. The van der Waals surface area contributed by atoms with Gasteiger partial charge in [-0.2, -0.15) is 0 Å². The maximum absolute atomic E-state index is 6.02. The molecule has 0 aromatic heterocycles. The number of aryl methyl sites for hydroxylation is 2. The van der Waals surface area contributed by atoms with Crippen molar-refractivity contribution in [2.45, 2.75) is 39.8 Å². The molecule has 3 heteroatoms. The van der Waals surface area contributed by atoms with Gasteiger partial charge >= 0.3 is 0 Å². The van der Waals surface area contributed by atoms with Crippen molar-refractivity contribution in [1.29, 1.82) is 0 Å². The number of benzene rings is 1. The van der Waals surface area contributed by atoms with Crippen LogP contribution < -0.4 is 5.73 Å². The van der Waals surface area contributed by atoms with E-state index in [2.05, 4.69) is 50.8 Å². The van der Waals surface area contributed by atoms with Crippen molar-refractivity contribution < 1.29 is 4.74 Å². The maximum Gasteiger partial charge on any atom is 0.0615 e. The van der Waals surface area contributed by atoms with E-state index in [1.54, 1.807) is 7.11 Å². The first-order valence-electron chi connectivity index (χ1n) is 7.07. The van der Waals surface area contributed by atoms with Gasteiger partial charge in [0.1, 0.15) is 0 Å². The standard InChI is InChI=1S/C16H28N2O/c1-6-18(14(4)11-19-5)16(10-17)15-8-7-12(2)13(3)9-15/h7-9,14,16H,6,10-11,17H2,1-5H3. The molecule has 0 aliphatic heterocycles. The predicted octanol–water partition coefficient (Wildman–Crippen LogP) is 2.66. The molecule has 2 unspecified atom stereocenters. The van der Waals surface area contributed by atoms with Crippen molar-refractivity contribution in [3.63, 3.8) is 0 Å². The van der Waals surface area contributed by atoms with Crippen LogP contribution in [0.15, 0.2) is 18.2 Å². The van der Waals surface area contributed by atoms with Gasteiger partial charge in [-0.3, -0.25) is 4.90 Å². The molecule has 1 rings (SSSR count). The first-order valence-corrected chi connectivity index (χ1v) is 7.07. The van der Waals surface area contributed by atoms with Crippen LogP contribution in [0.4, 0.5) is 0 Å². The quantitative estimate of drug-likeness (QED) is 0.823. The summed E-state index contributed by atoms with van der Waals surface area (Å²) in [6.45, 7) is 11.0. The van der Waals surface area contributed by atoms with Crippen molar-refractivity contribution in [2.75, 3.05) is 26.8 Å². The highest BCUT2D eigenvalue weighted by molar-refractivity contribution is 5.32. The molecule has 0 radical (unpaired) electrons. The normalized spacial score (nSPS) is 14.7. The van der Waals surface area contributed by atoms with E-state index in [1.165, 1.54) is 16.7 Å². The van der Waals surface area contributed by atoms with E-state index in [9.17, 15) is 0 Å². The number of likely N-dealkylation sites (N-methyl/N-ethyl adjacent to an activating group) is 1. The van der Waals surface area contributed by atoms with E-state index in [0.29, 0.717) is 12.6 Å². The van der Waals surface area contributed by atoms with Gasteiger partial charge in [0.05, 0.1) is 6.61 Å². The number of methoxy groups -OCH3 is 1. The third-order valence-corrected chi connectivity index (χ3v) is 3.88. The highest BCUT2D eigenvalue weighted by Gasteiger charge is 2.22. The molecule has 0 heterocycles. The van der Waals surface area contributed by atoms with Gasteiger partial charge in [-0.25, -0.2) is 0 Å². The van der Waals surface area contributed by atoms with Crippen LogP contribution in [0.2, 0.25) is 0 Å². The predicted molar refractivity (Wildman–Crippen MR) is 81.4 cm³/mol. The molecule has 0 amide bonds. The third kappa shape index (κ3) is 4.03. The second-order valence-corrected chi connectivity index (χ2v) is 5.23. The van der Waals surface area contributed by atoms with E-state index in [1.807, 2.05) is 0 Å². The van der Waals surface area contributed by atoms with Gasteiger partial charge < -0.3 is 10.5 Å². The number of nitrogens with two attached hydrogens (primary N) is 1. The zero-order valence-corrected chi connectivity index (χ0v) is 12.9. The number of hydrogen-bond donors (Lipinski definition) is 1. The monoisotopic (exact) mass is 264 g/mol. The summed E-state index contributed by atoms with van der Waals surface area (Å²) in [6, 6.07) is 7.26. The molecule has 108 valence electrons. The Balaban J connectivity index is 2.99. The van der Waals surface area contributed by atoms with Crippen molar-refractivity contribution in [1.82, 2.24) is 4.90 Å². The Hall–Kier alpha value is -0.900. The number of ether oxygens (including phenoxy) is 1. The number of hydrogen-bond acceptors (Lipinski definition) is 3. The van der Waals surface area contributed by atoms with Crippen molar-refractivity contribution in [3.8, 4) is 0 Å². The fourth-order valence-corrected chi connectivity index (χ4v) is 2.61. The smallest absolute Gasteiger partial charge is 0.0615 e. The van der Waals surface area contributed by atoms with Crippen LogP contribution in [0.25, 0.3) is 0 Å². The Kier molecular flexibility index (Phi) is 6.49. The zero-order valence-electron chi connectivity index (χ0n) is 12.9. The molecule has 0 aliphatic carbocycles. The van der Waals surface area contributed by atoms with Crippen molar-refractivity contribution in [3.05, 3.63) is 34.9 Å². The minimum atomic E-state index is 0.259. The summed E-state index contributed by atoms with van der Waals surface area (Å²) in [4.78, 5) is 2.41. The van der Waals surface area contributed by atoms with Gasteiger partial charge in [-0.05, 0) is 44.0 Å². The fraction of sp³-hybridized carbons (Fsp3) is 0.625. The highest BCUT2D eigenvalue weighted by atomic mass is 16.5. The summed E-state index contributed by atoms with van der Waals surface area (Å²) >= 11 is 0. The molecule has 2 N–H and O–H groups in total. The number of nitrogens with zero attached hydrogens (tertiary/aromatic N) is 1. The number of rotatable bonds is 7. The largest absolute Gasteiger partial charge is 0.383 e. The minimum Gasteiger partial charge on any atom is -0.383 e. The molecular weight excluding hydrogens is 236 g/mol. The molecule has 19 heavy (non-hydrogen) atoms. The molecule has 0 aliphatic rings. The average molecular weight is 264 g/mol. The van der Waals surface area contributed by atoms with Crippen LogP contribution >= 0.6 is 0 Å². The van der Waals surface area contributed by atoms with Gasteiger partial charge in [0, 0.05) is 25.7 Å². The summed E-state index contributed by atoms with van der Waals surface area (Å²) in [6.07, 6.45) is 0. The molecule has 2 atom stereocenters. The second kappa shape index (κ2) is 7.63. The minimum absolute atomic E-state index is 0.259. The first-order chi connectivity index (χ1) is 9.04. The molecule has 0 saturated carbocycles. The van der Waals surface area contributed by atoms with Crippen LogP contribution in [-0.2, 0) is 4.74 Å². The van der Waals surface area contributed by atoms with Crippen molar-refractivity contribution in [2.24, 2.45) is 5.73 Å². The van der Waals surface area contributed by atoms with E-state index in [4.69, 9.17) is 10.5 Å². The average Bonchev–Trinajstić information content (AvgIpc) is 2.39. The van der Waals surface area contributed by atoms with Gasteiger partial charge in [0.25, 0.3) is 0 Å². The lowest BCUT2D eigenvalue weighted by Crippen LogP contribution is -2.42. The van der Waals surface area contributed by atoms with Crippen LogP contribution in [0.5, 0.6) is 0 Å². The molecule has 0 fully saturated rings. The van der Waals surface area contributed by atoms with E-state index in [0.717, 1.165) is 13.2 Å². The molecule has 1 aromatic rings. The van der Waals surface area contributed by atoms with Crippen LogP contribution in [0.1, 0.15) is 36.6 Å². The molecule has 0 spiro atoms. The Bertz CT molecular complexity index is 392. The lowest BCUT2D eigenvalue weighted by molar-refractivity contribution is 0.0751. The van der Waals surface area contributed by atoms with Crippen LogP contribution in [-0.4, -0.2) is 37.7 Å². The Morgan fingerprint density at radius 1 is 1.26 bits per heavy atom.